The van der Waals surface area contributed by atoms with Gasteiger partial charge in [0.15, 0.2) is 0 Å². The van der Waals surface area contributed by atoms with Crippen LogP contribution in [-0.2, 0) is 6.42 Å². The number of hydrogen-bond donors (Lipinski definition) is 0. The van der Waals surface area contributed by atoms with E-state index in [2.05, 4.69) is 31.8 Å². The van der Waals surface area contributed by atoms with Crippen molar-refractivity contribution >= 4 is 5.82 Å². The first-order valence-corrected chi connectivity index (χ1v) is 6.28. The fraction of sp³-hybridized carbons (Fsp3) is 0.643. The van der Waals surface area contributed by atoms with Crippen LogP contribution in [0.3, 0.4) is 0 Å². The molecular weight excluding hydrogens is 196 g/mol. The summed E-state index contributed by atoms with van der Waals surface area (Å²) in [4.78, 5) is 6.32. The number of hydrogen-bond acceptors (Lipinski definition) is 2. The lowest BCUT2D eigenvalue weighted by molar-refractivity contribution is 0.772. The highest BCUT2D eigenvalue weighted by atomic mass is 15.1. The molecule has 0 bridgehead atoms. The maximum absolute atomic E-state index is 4.27. The number of pyridine rings is 1. The average Bonchev–Trinajstić information content (AvgIpc) is 2.31. The fourth-order valence-corrected chi connectivity index (χ4v) is 1.46. The molecule has 0 unspecified atom stereocenters. The molecule has 1 rings (SSSR count). The topological polar surface area (TPSA) is 16.1 Å². The first kappa shape index (κ1) is 14.9. The largest absolute Gasteiger partial charge is 0.363 e. The molecule has 92 valence electrons. The minimum atomic E-state index is 1.04. The van der Waals surface area contributed by atoms with Crippen molar-refractivity contribution in [2.45, 2.75) is 46.5 Å². The van der Waals surface area contributed by atoms with Crippen molar-refractivity contribution in [3.63, 3.8) is 0 Å². The summed E-state index contributed by atoms with van der Waals surface area (Å²) in [6.45, 7) is 6.57. The van der Waals surface area contributed by atoms with Gasteiger partial charge in [0.2, 0.25) is 0 Å². The lowest BCUT2D eigenvalue weighted by atomic mass is 10.2. The molecule has 0 N–H and O–H groups in total. The third kappa shape index (κ3) is 5.74. The van der Waals surface area contributed by atoms with Gasteiger partial charge in [-0.15, -0.1) is 0 Å². The van der Waals surface area contributed by atoms with Crippen LogP contribution >= 0.6 is 0 Å². The van der Waals surface area contributed by atoms with E-state index in [9.17, 15) is 0 Å². The quantitative estimate of drug-likeness (QED) is 0.768. The van der Waals surface area contributed by atoms with Crippen molar-refractivity contribution in [1.29, 1.82) is 0 Å². The van der Waals surface area contributed by atoms with Crippen LogP contribution in [0.5, 0.6) is 0 Å². The minimum absolute atomic E-state index is 1.04. The van der Waals surface area contributed by atoms with E-state index in [0.29, 0.717) is 0 Å². The van der Waals surface area contributed by atoms with Crippen LogP contribution in [-0.4, -0.2) is 19.1 Å². The molecule has 1 aromatic heterocycles. The van der Waals surface area contributed by atoms with Crippen LogP contribution in [0.15, 0.2) is 18.3 Å². The Hall–Kier alpha value is -1.05. The first-order chi connectivity index (χ1) is 7.67. The van der Waals surface area contributed by atoms with Gasteiger partial charge in [-0.3, -0.25) is 0 Å². The molecular formula is C14H26N2. The number of nitrogens with zero attached hydrogens (tertiary/aromatic N) is 2. The van der Waals surface area contributed by atoms with E-state index in [0.717, 1.165) is 12.2 Å². The maximum Gasteiger partial charge on any atom is 0.131 e. The van der Waals surface area contributed by atoms with Crippen molar-refractivity contribution < 1.29 is 0 Å². The Morgan fingerprint density at radius 2 is 1.75 bits per heavy atom. The molecule has 0 aliphatic rings. The molecule has 0 aromatic carbocycles. The molecule has 2 nitrogen and oxygen atoms in total. The van der Waals surface area contributed by atoms with Crippen LogP contribution in [0, 0.1) is 0 Å². The van der Waals surface area contributed by atoms with Crippen LogP contribution < -0.4 is 4.90 Å². The second-order valence-electron chi connectivity index (χ2n) is 4.09. The third-order valence-electron chi connectivity index (χ3n) is 2.38. The molecule has 0 radical (unpaired) electrons. The van der Waals surface area contributed by atoms with Crippen LogP contribution in [0.2, 0.25) is 0 Å². The summed E-state index contributed by atoms with van der Waals surface area (Å²) in [5, 5.41) is 0. The van der Waals surface area contributed by atoms with Crippen LogP contribution in [0.25, 0.3) is 0 Å². The Kier molecular flexibility index (Phi) is 8.59. The Morgan fingerprint density at radius 1 is 1.12 bits per heavy atom. The van der Waals surface area contributed by atoms with Crippen molar-refractivity contribution in [1.82, 2.24) is 4.98 Å². The Balaban J connectivity index is 0.000000385. The van der Waals surface area contributed by atoms with E-state index >= 15 is 0 Å². The highest BCUT2D eigenvalue weighted by molar-refractivity contribution is 5.44. The van der Waals surface area contributed by atoms with E-state index in [1.54, 1.807) is 0 Å². The van der Waals surface area contributed by atoms with Gasteiger partial charge in [0.25, 0.3) is 0 Å². The normalized spacial score (nSPS) is 9.31. The summed E-state index contributed by atoms with van der Waals surface area (Å²) in [5.41, 5.74) is 1.30. The molecule has 0 aliphatic carbocycles. The molecule has 0 aliphatic heterocycles. The monoisotopic (exact) mass is 222 g/mol. The summed E-state index contributed by atoms with van der Waals surface area (Å²) in [6.07, 6.45) is 6.95. The molecule has 1 heterocycles. The van der Waals surface area contributed by atoms with E-state index in [-0.39, 0.29) is 0 Å². The van der Waals surface area contributed by atoms with E-state index in [1.165, 1.54) is 24.8 Å². The van der Waals surface area contributed by atoms with Crippen LogP contribution in [0.4, 0.5) is 5.82 Å². The van der Waals surface area contributed by atoms with Crippen molar-refractivity contribution in [2.75, 3.05) is 19.0 Å². The number of aryl methyl sites for hydroxylation is 1. The molecule has 0 amide bonds. The molecule has 0 fully saturated rings. The van der Waals surface area contributed by atoms with Gasteiger partial charge in [0.05, 0.1) is 0 Å². The number of aromatic nitrogens is 1. The molecule has 16 heavy (non-hydrogen) atoms. The summed E-state index contributed by atoms with van der Waals surface area (Å²) in [7, 11) is 4.03. The summed E-state index contributed by atoms with van der Waals surface area (Å²) in [5.74, 6) is 1.08. The van der Waals surface area contributed by atoms with Crippen molar-refractivity contribution in [3.8, 4) is 0 Å². The maximum atomic E-state index is 4.27. The van der Waals surface area contributed by atoms with Gasteiger partial charge in [-0.25, -0.2) is 4.98 Å². The third-order valence-corrected chi connectivity index (χ3v) is 2.38. The molecule has 0 saturated heterocycles. The minimum Gasteiger partial charge on any atom is -0.363 e. The predicted octanol–water partition coefficient (Wildman–Crippen LogP) is 3.91. The van der Waals surface area contributed by atoms with E-state index in [1.807, 2.05) is 31.3 Å². The highest BCUT2D eigenvalue weighted by Crippen LogP contribution is 2.13. The van der Waals surface area contributed by atoms with Crippen LogP contribution in [0.1, 0.15) is 45.6 Å². The van der Waals surface area contributed by atoms with Gasteiger partial charge in [0.1, 0.15) is 5.82 Å². The summed E-state index contributed by atoms with van der Waals surface area (Å²) >= 11 is 0. The SMILES string of the molecule is CCCCC.CCc1cccnc1N(C)C. The number of rotatable bonds is 4. The highest BCUT2D eigenvalue weighted by Gasteiger charge is 2.00. The Bertz CT molecular complexity index is 267. The van der Waals surface area contributed by atoms with Crippen molar-refractivity contribution in [3.05, 3.63) is 23.9 Å². The lowest BCUT2D eigenvalue weighted by Crippen LogP contribution is -2.12. The van der Waals surface area contributed by atoms with Gasteiger partial charge in [0, 0.05) is 20.3 Å². The second kappa shape index (κ2) is 9.20. The predicted molar refractivity (Wildman–Crippen MR) is 73.1 cm³/mol. The molecule has 0 saturated carbocycles. The van der Waals surface area contributed by atoms with Gasteiger partial charge >= 0.3 is 0 Å². The Morgan fingerprint density at radius 3 is 2.06 bits per heavy atom. The first-order valence-electron chi connectivity index (χ1n) is 6.28. The van der Waals surface area contributed by atoms with E-state index < -0.39 is 0 Å². The smallest absolute Gasteiger partial charge is 0.131 e. The fourth-order valence-electron chi connectivity index (χ4n) is 1.46. The van der Waals surface area contributed by atoms with Gasteiger partial charge in [-0.1, -0.05) is 46.1 Å². The zero-order chi connectivity index (χ0) is 12.4. The van der Waals surface area contributed by atoms with Crippen molar-refractivity contribution in [2.24, 2.45) is 0 Å². The molecule has 1 aromatic rings. The Labute approximate surface area is 101 Å². The van der Waals surface area contributed by atoms with Gasteiger partial charge < -0.3 is 4.90 Å². The number of unbranched alkanes of at least 4 members (excludes halogenated alkanes) is 2. The zero-order valence-electron chi connectivity index (χ0n) is 11.5. The van der Waals surface area contributed by atoms with Gasteiger partial charge in [-0.05, 0) is 18.1 Å². The summed E-state index contributed by atoms with van der Waals surface area (Å²) < 4.78 is 0. The summed E-state index contributed by atoms with van der Waals surface area (Å²) in [6, 6.07) is 4.09. The molecule has 0 spiro atoms. The van der Waals surface area contributed by atoms with Gasteiger partial charge in [-0.2, -0.15) is 0 Å². The molecule has 0 atom stereocenters. The number of anilines is 1. The molecule has 2 heteroatoms. The average molecular weight is 222 g/mol. The zero-order valence-corrected chi connectivity index (χ0v) is 11.5. The standard InChI is InChI=1S/C9H14N2.C5H12/c1-4-8-6-5-7-10-9(8)11(2)3;1-3-5-4-2/h5-7H,4H2,1-3H3;3-5H2,1-2H3. The van der Waals surface area contributed by atoms with E-state index in [4.69, 9.17) is 0 Å². The lowest BCUT2D eigenvalue weighted by Gasteiger charge is -2.14. The second-order valence-corrected chi connectivity index (χ2v) is 4.09.